The van der Waals surface area contributed by atoms with Crippen LogP contribution in [0.2, 0.25) is 0 Å². The zero-order chi connectivity index (χ0) is 19.7. The highest BCUT2D eigenvalue weighted by atomic mass is 127. The standard InChI is InChI=1S/C18H34N6O2.HI/c1-14(2)11-19-18(20-12-17(26)22(5)6)24-9-7-23(8-10-24)13-16(25)21-15(3)4;/h15H,1,7-13H2,2-6H3,(H,19,20)(H,21,25);1H. The largest absolute Gasteiger partial charge is 0.353 e. The first-order valence-electron chi connectivity index (χ1n) is 9.08. The van der Waals surface area contributed by atoms with E-state index in [4.69, 9.17) is 0 Å². The lowest BCUT2D eigenvalue weighted by Gasteiger charge is -2.36. The highest BCUT2D eigenvalue weighted by Gasteiger charge is 2.21. The van der Waals surface area contributed by atoms with E-state index >= 15 is 0 Å². The highest BCUT2D eigenvalue weighted by Crippen LogP contribution is 2.03. The zero-order valence-electron chi connectivity index (χ0n) is 17.2. The lowest BCUT2D eigenvalue weighted by atomic mass is 10.3. The SMILES string of the molecule is C=C(C)CNC(=NCC(=O)N(C)C)N1CCN(CC(=O)NC(C)C)CC1.I. The molecule has 1 saturated heterocycles. The fraction of sp³-hybridized carbons (Fsp3) is 0.722. The lowest BCUT2D eigenvalue weighted by Crippen LogP contribution is -2.54. The number of nitrogens with zero attached hydrogens (tertiary/aromatic N) is 4. The van der Waals surface area contributed by atoms with Crippen LogP contribution >= 0.6 is 24.0 Å². The summed E-state index contributed by atoms with van der Waals surface area (Å²) in [6, 6.07) is 0.156. The maximum atomic E-state index is 11.9. The van der Waals surface area contributed by atoms with Gasteiger partial charge in [0.05, 0.1) is 6.54 Å². The molecular weight excluding hydrogens is 459 g/mol. The van der Waals surface area contributed by atoms with Crippen LogP contribution in [0.25, 0.3) is 0 Å². The normalized spacial score (nSPS) is 15.2. The second-order valence-corrected chi connectivity index (χ2v) is 7.22. The van der Waals surface area contributed by atoms with Crippen LogP contribution in [-0.4, -0.2) is 98.4 Å². The van der Waals surface area contributed by atoms with Crippen LogP contribution in [0.3, 0.4) is 0 Å². The first-order valence-corrected chi connectivity index (χ1v) is 9.08. The summed E-state index contributed by atoms with van der Waals surface area (Å²) in [5.41, 5.74) is 1.00. The van der Waals surface area contributed by atoms with E-state index in [1.54, 1.807) is 14.1 Å². The number of hydrogen-bond acceptors (Lipinski definition) is 4. The highest BCUT2D eigenvalue weighted by molar-refractivity contribution is 14.0. The third-order valence-corrected chi connectivity index (χ3v) is 3.90. The van der Waals surface area contributed by atoms with Gasteiger partial charge in [-0.2, -0.15) is 0 Å². The van der Waals surface area contributed by atoms with Crippen molar-refractivity contribution in [2.75, 3.05) is 59.9 Å². The van der Waals surface area contributed by atoms with E-state index in [2.05, 4.69) is 32.0 Å². The second kappa shape index (κ2) is 12.9. The van der Waals surface area contributed by atoms with Crippen molar-refractivity contribution in [3.8, 4) is 0 Å². The summed E-state index contributed by atoms with van der Waals surface area (Å²) >= 11 is 0. The quantitative estimate of drug-likeness (QED) is 0.231. The predicted molar refractivity (Wildman–Crippen MR) is 121 cm³/mol. The Kier molecular flexibility index (Phi) is 12.3. The molecule has 0 atom stereocenters. The number of guanidine groups is 1. The van der Waals surface area contributed by atoms with E-state index < -0.39 is 0 Å². The summed E-state index contributed by atoms with van der Waals surface area (Å²) in [4.78, 5) is 34.0. The van der Waals surface area contributed by atoms with E-state index in [0.29, 0.717) is 13.1 Å². The zero-order valence-corrected chi connectivity index (χ0v) is 19.6. The number of likely N-dealkylation sites (N-methyl/N-ethyl adjacent to an activating group) is 1. The minimum Gasteiger partial charge on any atom is -0.353 e. The van der Waals surface area contributed by atoms with E-state index in [1.807, 2.05) is 20.8 Å². The van der Waals surface area contributed by atoms with Gasteiger partial charge in [-0.25, -0.2) is 4.99 Å². The average molecular weight is 494 g/mol. The molecule has 2 amide bonds. The van der Waals surface area contributed by atoms with Gasteiger partial charge in [-0.3, -0.25) is 14.5 Å². The van der Waals surface area contributed by atoms with E-state index in [1.165, 1.54) is 4.90 Å². The number of amides is 2. The Hall–Kier alpha value is -1.36. The fourth-order valence-corrected chi connectivity index (χ4v) is 2.47. The maximum Gasteiger partial charge on any atom is 0.243 e. The van der Waals surface area contributed by atoms with Gasteiger partial charge >= 0.3 is 0 Å². The molecule has 156 valence electrons. The van der Waals surface area contributed by atoms with Crippen molar-refractivity contribution >= 4 is 41.8 Å². The van der Waals surface area contributed by atoms with Crippen molar-refractivity contribution in [2.45, 2.75) is 26.8 Å². The van der Waals surface area contributed by atoms with E-state index in [9.17, 15) is 9.59 Å². The van der Waals surface area contributed by atoms with Crippen molar-refractivity contribution in [1.82, 2.24) is 25.3 Å². The number of hydrogen-bond donors (Lipinski definition) is 2. The molecule has 1 aliphatic rings. The van der Waals surface area contributed by atoms with Gasteiger partial charge in [0.1, 0.15) is 6.54 Å². The molecule has 0 aromatic rings. The van der Waals surface area contributed by atoms with E-state index in [-0.39, 0.29) is 48.4 Å². The Morgan fingerprint density at radius 2 is 1.78 bits per heavy atom. The molecule has 0 aromatic carbocycles. The molecule has 1 fully saturated rings. The maximum absolute atomic E-state index is 11.9. The summed E-state index contributed by atoms with van der Waals surface area (Å²) in [7, 11) is 3.44. The molecular formula is C18H35IN6O2. The third-order valence-electron chi connectivity index (χ3n) is 3.90. The van der Waals surface area contributed by atoms with Gasteiger partial charge in [-0.15, -0.1) is 24.0 Å². The van der Waals surface area contributed by atoms with Crippen LogP contribution in [0.4, 0.5) is 0 Å². The molecule has 0 bridgehead atoms. The molecule has 0 unspecified atom stereocenters. The number of carbonyl (C=O) groups is 2. The number of nitrogens with one attached hydrogen (secondary N) is 2. The summed E-state index contributed by atoms with van der Waals surface area (Å²) < 4.78 is 0. The van der Waals surface area contributed by atoms with Crippen molar-refractivity contribution < 1.29 is 9.59 Å². The molecule has 9 heteroatoms. The Morgan fingerprint density at radius 1 is 1.19 bits per heavy atom. The topological polar surface area (TPSA) is 80.3 Å². The van der Waals surface area contributed by atoms with Gasteiger partial charge in [-0.1, -0.05) is 12.2 Å². The molecule has 0 aliphatic carbocycles. The van der Waals surface area contributed by atoms with Gasteiger partial charge in [0.25, 0.3) is 0 Å². The van der Waals surface area contributed by atoms with Crippen molar-refractivity contribution in [3.05, 3.63) is 12.2 Å². The van der Waals surface area contributed by atoms with Crippen LogP contribution in [-0.2, 0) is 9.59 Å². The molecule has 1 aliphatic heterocycles. The molecule has 2 N–H and O–H groups in total. The number of piperazine rings is 1. The van der Waals surface area contributed by atoms with Gasteiger partial charge in [0.15, 0.2) is 5.96 Å². The van der Waals surface area contributed by atoms with Crippen molar-refractivity contribution in [2.24, 2.45) is 4.99 Å². The monoisotopic (exact) mass is 494 g/mol. The van der Waals surface area contributed by atoms with E-state index in [0.717, 1.165) is 37.7 Å². The minimum absolute atomic E-state index is 0. The van der Waals surface area contributed by atoms with Crippen molar-refractivity contribution in [1.29, 1.82) is 0 Å². The Bertz CT molecular complexity index is 528. The summed E-state index contributed by atoms with van der Waals surface area (Å²) in [5.74, 6) is 0.734. The Balaban J connectivity index is 0.00000676. The molecule has 1 rings (SSSR count). The van der Waals surface area contributed by atoms with Crippen LogP contribution in [0.15, 0.2) is 17.1 Å². The van der Waals surface area contributed by atoms with Crippen LogP contribution in [0.5, 0.6) is 0 Å². The van der Waals surface area contributed by atoms with Crippen LogP contribution in [0, 0.1) is 0 Å². The third kappa shape index (κ3) is 10.5. The average Bonchev–Trinajstić information content (AvgIpc) is 2.54. The van der Waals surface area contributed by atoms with Crippen LogP contribution < -0.4 is 10.6 Å². The molecule has 0 saturated carbocycles. The first-order chi connectivity index (χ1) is 12.2. The summed E-state index contributed by atoms with van der Waals surface area (Å²) in [6.45, 7) is 14.0. The molecule has 0 aromatic heterocycles. The molecule has 0 radical (unpaired) electrons. The lowest BCUT2D eigenvalue weighted by molar-refractivity contribution is -0.127. The Labute approximate surface area is 180 Å². The van der Waals surface area contributed by atoms with Gasteiger partial charge in [-0.05, 0) is 20.8 Å². The van der Waals surface area contributed by atoms with Crippen molar-refractivity contribution in [3.63, 3.8) is 0 Å². The minimum atomic E-state index is -0.0383. The second-order valence-electron chi connectivity index (χ2n) is 7.22. The predicted octanol–water partition coefficient (Wildman–Crippen LogP) is 0.357. The molecule has 0 spiro atoms. The number of halogens is 1. The van der Waals surface area contributed by atoms with Gasteiger partial charge < -0.3 is 20.4 Å². The molecule has 8 nitrogen and oxygen atoms in total. The van der Waals surface area contributed by atoms with Gasteiger partial charge in [0, 0.05) is 52.9 Å². The molecule has 1 heterocycles. The summed E-state index contributed by atoms with van der Waals surface area (Å²) in [5, 5.41) is 6.19. The van der Waals surface area contributed by atoms with Gasteiger partial charge in [0.2, 0.25) is 11.8 Å². The summed E-state index contributed by atoms with van der Waals surface area (Å²) in [6.07, 6.45) is 0. The number of aliphatic imine (C=N–C) groups is 1. The Morgan fingerprint density at radius 3 is 2.26 bits per heavy atom. The molecule has 27 heavy (non-hydrogen) atoms. The number of rotatable bonds is 7. The smallest absolute Gasteiger partial charge is 0.243 e. The fourth-order valence-electron chi connectivity index (χ4n) is 2.47. The van der Waals surface area contributed by atoms with Crippen LogP contribution in [0.1, 0.15) is 20.8 Å². The first kappa shape index (κ1) is 25.6. The number of carbonyl (C=O) groups excluding carboxylic acids is 2.